The van der Waals surface area contributed by atoms with E-state index in [1.54, 1.807) is 7.11 Å². The summed E-state index contributed by atoms with van der Waals surface area (Å²) in [5.41, 5.74) is 0. The molecule has 1 fully saturated rings. The van der Waals surface area contributed by atoms with Crippen LogP contribution in [0.15, 0.2) is 0 Å². The normalized spacial score (nSPS) is 26.5. The molecule has 1 aliphatic rings. The molecule has 1 unspecified atom stereocenters. The summed E-state index contributed by atoms with van der Waals surface area (Å²) >= 11 is 0. The Morgan fingerprint density at radius 1 is 1.38 bits per heavy atom. The summed E-state index contributed by atoms with van der Waals surface area (Å²) in [5.74, 6) is -0.369. The molecule has 3 heteroatoms. The van der Waals surface area contributed by atoms with E-state index < -0.39 is 0 Å². The number of hydrogen-bond donors (Lipinski definition) is 0. The Labute approximate surface area is 80.4 Å². The lowest BCUT2D eigenvalue weighted by Crippen LogP contribution is -2.21. The minimum atomic E-state index is -0.369. The molecule has 0 aromatic carbocycles. The van der Waals surface area contributed by atoms with Crippen LogP contribution in [0.3, 0.4) is 0 Å². The van der Waals surface area contributed by atoms with E-state index in [2.05, 4.69) is 0 Å². The molecule has 13 heavy (non-hydrogen) atoms. The Hall–Kier alpha value is -0.120. The van der Waals surface area contributed by atoms with Crippen LogP contribution in [0.4, 0.5) is 0 Å². The van der Waals surface area contributed by atoms with Crippen molar-refractivity contribution >= 4 is 0 Å². The molecule has 1 rings (SSSR count). The molecule has 0 bridgehead atoms. The zero-order chi connectivity index (χ0) is 9.73. The lowest BCUT2D eigenvalue weighted by atomic mass is 10.2. The van der Waals surface area contributed by atoms with Gasteiger partial charge in [0.15, 0.2) is 5.79 Å². The summed E-state index contributed by atoms with van der Waals surface area (Å²) in [5, 5.41) is 0. The summed E-state index contributed by atoms with van der Waals surface area (Å²) < 4.78 is 16.1. The molecule has 1 saturated heterocycles. The first kappa shape index (κ1) is 11.0. The van der Waals surface area contributed by atoms with Crippen LogP contribution in [0.5, 0.6) is 0 Å². The van der Waals surface area contributed by atoms with E-state index in [0.717, 1.165) is 32.5 Å². The van der Waals surface area contributed by atoms with Gasteiger partial charge in [0.05, 0.1) is 12.7 Å². The van der Waals surface area contributed by atoms with Gasteiger partial charge in [0.2, 0.25) is 0 Å². The third-order valence-corrected chi connectivity index (χ3v) is 2.19. The van der Waals surface area contributed by atoms with E-state index in [4.69, 9.17) is 14.2 Å². The average molecular weight is 188 g/mol. The van der Waals surface area contributed by atoms with Gasteiger partial charge in [-0.25, -0.2) is 0 Å². The lowest BCUT2D eigenvalue weighted by molar-refractivity contribution is -0.139. The fraction of sp³-hybridized carbons (Fsp3) is 1.00. The molecule has 3 nitrogen and oxygen atoms in total. The van der Waals surface area contributed by atoms with E-state index in [9.17, 15) is 0 Å². The van der Waals surface area contributed by atoms with E-state index in [-0.39, 0.29) is 11.9 Å². The van der Waals surface area contributed by atoms with Gasteiger partial charge in [-0.1, -0.05) is 0 Å². The van der Waals surface area contributed by atoms with Crippen LogP contribution in [-0.4, -0.2) is 32.2 Å². The van der Waals surface area contributed by atoms with Crippen molar-refractivity contribution in [3.8, 4) is 0 Å². The Bertz CT molecular complexity index is 145. The van der Waals surface area contributed by atoms with Gasteiger partial charge in [0.25, 0.3) is 0 Å². The quantitative estimate of drug-likeness (QED) is 0.617. The molecule has 0 radical (unpaired) electrons. The maximum Gasteiger partial charge on any atom is 0.163 e. The second-order valence-corrected chi connectivity index (χ2v) is 3.94. The van der Waals surface area contributed by atoms with Gasteiger partial charge in [-0.3, -0.25) is 0 Å². The maximum absolute atomic E-state index is 5.67. The van der Waals surface area contributed by atoms with Crippen molar-refractivity contribution in [3.05, 3.63) is 0 Å². The Morgan fingerprint density at radius 2 is 2.15 bits per heavy atom. The zero-order valence-corrected chi connectivity index (χ0v) is 8.84. The fourth-order valence-electron chi connectivity index (χ4n) is 1.52. The van der Waals surface area contributed by atoms with Crippen molar-refractivity contribution in [2.75, 3.05) is 20.3 Å². The van der Waals surface area contributed by atoms with Crippen LogP contribution in [0.2, 0.25) is 0 Å². The van der Waals surface area contributed by atoms with Crippen molar-refractivity contribution in [3.63, 3.8) is 0 Å². The van der Waals surface area contributed by atoms with Crippen LogP contribution in [0.1, 0.15) is 33.1 Å². The molecular weight excluding hydrogens is 168 g/mol. The Balaban J connectivity index is 2.04. The largest absolute Gasteiger partial charge is 0.385 e. The van der Waals surface area contributed by atoms with Gasteiger partial charge >= 0.3 is 0 Å². The van der Waals surface area contributed by atoms with Crippen molar-refractivity contribution in [2.24, 2.45) is 0 Å². The number of rotatable bonds is 5. The molecule has 0 amide bonds. The first-order valence-electron chi connectivity index (χ1n) is 4.95. The van der Waals surface area contributed by atoms with Gasteiger partial charge in [0.1, 0.15) is 0 Å². The summed E-state index contributed by atoms with van der Waals surface area (Å²) in [6, 6.07) is 0. The summed E-state index contributed by atoms with van der Waals surface area (Å²) in [4.78, 5) is 0. The predicted octanol–water partition coefficient (Wildman–Crippen LogP) is 1.95. The van der Waals surface area contributed by atoms with Gasteiger partial charge in [0, 0.05) is 13.7 Å². The third kappa shape index (κ3) is 4.07. The second kappa shape index (κ2) is 4.94. The summed E-state index contributed by atoms with van der Waals surface area (Å²) in [6.07, 6.45) is 3.62. The van der Waals surface area contributed by atoms with Gasteiger partial charge in [-0.2, -0.15) is 0 Å². The Kier molecular flexibility index (Phi) is 4.16. The minimum absolute atomic E-state index is 0.284. The molecule has 0 aromatic rings. The van der Waals surface area contributed by atoms with Crippen LogP contribution in [0.25, 0.3) is 0 Å². The lowest BCUT2D eigenvalue weighted by Gasteiger charge is -2.16. The molecular formula is C10H20O3. The van der Waals surface area contributed by atoms with Crippen molar-refractivity contribution in [1.82, 2.24) is 0 Å². The van der Waals surface area contributed by atoms with Gasteiger partial charge in [-0.05, 0) is 33.1 Å². The third-order valence-electron chi connectivity index (χ3n) is 2.19. The number of unbranched alkanes of at least 4 members (excludes halogenated alkanes) is 1. The smallest absolute Gasteiger partial charge is 0.163 e. The topological polar surface area (TPSA) is 27.7 Å². The van der Waals surface area contributed by atoms with E-state index in [1.807, 2.05) is 13.8 Å². The van der Waals surface area contributed by atoms with E-state index in [1.165, 1.54) is 0 Å². The fourth-order valence-corrected chi connectivity index (χ4v) is 1.52. The molecule has 0 spiro atoms. The first-order valence-corrected chi connectivity index (χ1v) is 4.95. The number of methoxy groups -OCH3 is 1. The minimum Gasteiger partial charge on any atom is -0.385 e. The van der Waals surface area contributed by atoms with Crippen molar-refractivity contribution in [2.45, 2.75) is 45.0 Å². The van der Waals surface area contributed by atoms with E-state index >= 15 is 0 Å². The standard InChI is InChI=1S/C10H20O3/c1-10(2)12-8-9(13-10)6-4-5-7-11-3/h9H,4-8H2,1-3H3. The molecule has 1 aliphatic heterocycles. The molecule has 0 saturated carbocycles. The number of hydrogen-bond acceptors (Lipinski definition) is 3. The van der Waals surface area contributed by atoms with Gasteiger partial charge < -0.3 is 14.2 Å². The van der Waals surface area contributed by atoms with Crippen molar-refractivity contribution < 1.29 is 14.2 Å². The molecule has 0 aromatic heterocycles. The second-order valence-electron chi connectivity index (χ2n) is 3.94. The first-order chi connectivity index (χ1) is 6.14. The van der Waals surface area contributed by atoms with Crippen LogP contribution in [0, 0.1) is 0 Å². The van der Waals surface area contributed by atoms with Gasteiger partial charge in [-0.15, -0.1) is 0 Å². The maximum atomic E-state index is 5.67. The molecule has 1 atom stereocenters. The molecule has 0 aliphatic carbocycles. The van der Waals surface area contributed by atoms with Crippen LogP contribution in [-0.2, 0) is 14.2 Å². The van der Waals surface area contributed by atoms with Crippen molar-refractivity contribution in [1.29, 1.82) is 0 Å². The van der Waals surface area contributed by atoms with Crippen LogP contribution >= 0.6 is 0 Å². The van der Waals surface area contributed by atoms with E-state index in [0.29, 0.717) is 0 Å². The summed E-state index contributed by atoms with van der Waals surface area (Å²) in [7, 11) is 1.73. The highest BCUT2D eigenvalue weighted by Crippen LogP contribution is 2.24. The molecule has 78 valence electrons. The Morgan fingerprint density at radius 3 is 2.69 bits per heavy atom. The monoisotopic (exact) mass is 188 g/mol. The highest BCUT2D eigenvalue weighted by atomic mass is 16.7. The van der Waals surface area contributed by atoms with Crippen LogP contribution < -0.4 is 0 Å². The number of ether oxygens (including phenoxy) is 3. The molecule has 1 heterocycles. The molecule has 0 N–H and O–H groups in total. The SMILES string of the molecule is COCCCCC1COC(C)(C)O1. The highest BCUT2D eigenvalue weighted by molar-refractivity contribution is 4.70. The summed E-state index contributed by atoms with van der Waals surface area (Å²) in [6.45, 7) is 5.50. The predicted molar refractivity (Wildman–Crippen MR) is 50.6 cm³/mol. The highest BCUT2D eigenvalue weighted by Gasteiger charge is 2.31. The average Bonchev–Trinajstić information content (AvgIpc) is 2.40. The zero-order valence-electron chi connectivity index (χ0n) is 8.84.